The van der Waals surface area contributed by atoms with Gasteiger partial charge in [0.1, 0.15) is 11.5 Å². The molecular formula is C33H32Br2N2O4. The molecule has 0 aliphatic heterocycles. The van der Waals surface area contributed by atoms with Crippen molar-refractivity contribution in [2.24, 2.45) is 0 Å². The van der Waals surface area contributed by atoms with E-state index in [1.807, 2.05) is 76.2 Å². The van der Waals surface area contributed by atoms with Crippen molar-refractivity contribution in [3.8, 4) is 11.5 Å². The van der Waals surface area contributed by atoms with Crippen molar-refractivity contribution < 1.29 is 19.1 Å². The number of hydrogen-bond acceptors (Lipinski definition) is 4. The Morgan fingerprint density at radius 2 is 0.976 bits per heavy atom. The van der Waals surface area contributed by atoms with Gasteiger partial charge in [0.25, 0.3) is 11.8 Å². The molecule has 41 heavy (non-hydrogen) atoms. The van der Waals surface area contributed by atoms with Gasteiger partial charge in [0.2, 0.25) is 0 Å². The fourth-order valence-corrected chi connectivity index (χ4v) is 4.98. The molecule has 2 N–H and O–H groups in total. The molecule has 4 aromatic rings. The third-order valence-electron chi connectivity index (χ3n) is 5.95. The zero-order chi connectivity index (χ0) is 29.5. The molecule has 0 radical (unpaired) electrons. The summed E-state index contributed by atoms with van der Waals surface area (Å²) in [4.78, 5) is 25.5. The summed E-state index contributed by atoms with van der Waals surface area (Å²) in [6.07, 6.45) is 0.812. The van der Waals surface area contributed by atoms with Crippen LogP contribution in [0.15, 0.2) is 93.9 Å². The van der Waals surface area contributed by atoms with Gasteiger partial charge in [0.15, 0.2) is 0 Å². The van der Waals surface area contributed by atoms with Crippen LogP contribution >= 0.6 is 31.9 Å². The topological polar surface area (TPSA) is 76.7 Å². The van der Waals surface area contributed by atoms with Crippen LogP contribution in [0, 0.1) is 0 Å². The predicted molar refractivity (Wildman–Crippen MR) is 171 cm³/mol. The minimum absolute atomic E-state index is 0.0466. The molecule has 0 aliphatic rings. The molecule has 0 aliphatic carbocycles. The molecule has 0 saturated carbocycles. The van der Waals surface area contributed by atoms with E-state index in [0.29, 0.717) is 34.0 Å². The second-order valence-electron chi connectivity index (χ2n) is 10.1. The molecule has 0 aromatic heterocycles. The number of amides is 2. The summed E-state index contributed by atoms with van der Waals surface area (Å²) in [5.41, 5.74) is 4.71. The second-order valence-corrected chi connectivity index (χ2v) is 11.8. The Hall–Kier alpha value is -3.62. The highest BCUT2D eigenvalue weighted by molar-refractivity contribution is 9.10. The molecule has 0 fully saturated rings. The largest absolute Gasteiger partial charge is 0.490 e. The summed E-state index contributed by atoms with van der Waals surface area (Å²) in [5.74, 6) is 1.01. The normalized spacial score (nSPS) is 10.9. The van der Waals surface area contributed by atoms with Crippen molar-refractivity contribution in [3.63, 3.8) is 0 Å². The highest BCUT2D eigenvalue weighted by atomic mass is 79.9. The Labute approximate surface area is 257 Å². The maximum atomic E-state index is 12.7. The number of anilines is 2. The molecule has 0 bridgehead atoms. The minimum atomic E-state index is -0.195. The van der Waals surface area contributed by atoms with Crippen molar-refractivity contribution in [3.05, 3.63) is 116 Å². The van der Waals surface area contributed by atoms with Gasteiger partial charge in [-0.25, -0.2) is 0 Å². The summed E-state index contributed by atoms with van der Waals surface area (Å²) in [5, 5.41) is 5.88. The summed E-state index contributed by atoms with van der Waals surface area (Å²) in [6.45, 7) is 7.82. The van der Waals surface area contributed by atoms with E-state index in [-0.39, 0.29) is 24.0 Å². The zero-order valence-electron chi connectivity index (χ0n) is 23.3. The van der Waals surface area contributed by atoms with Crippen LogP contribution in [-0.4, -0.2) is 24.0 Å². The van der Waals surface area contributed by atoms with Crippen LogP contribution in [0.5, 0.6) is 11.5 Å². The van der Waals surface area contributed by atoms with Crippen molar-refractivity contribution in [1.82, 2.24) is 0 Å². The highest BCUT2D eigenvalue weighted by Crippen LogP contribution is 2.28. The first kappa shape index (κ1) is 30.3. The Bertz CT molecular complexity index is 1400. The predicted octanol–water partition coefficient (Wildman–Crippen LogP) is 8.88. The highest BCUT2D eigenvalue weighted by Gasteiger charge is 2.12. The zero-order valence-corrected chi connectivity index (χ0v) is 26.5. The van der Waals surface area contributed by atoms with Crippen LogP contribution in [0.25, 0.3) is 0 Å². The number of benzene rings is 4. The summed E-state index contributed by atoms with van der Waals surface area (Å²) in [6, 6.07) is 26.1. The van der Waals surface area contributed by atoms with Gasteiger partial charge >= 0.3 is 0 Å². The number of rotatable bonds is 10. The number of halogens is 2. The molecule has 0 saturated heterocycles. The van der Waals surface area contributed by atoms with Crippen LogP contribution in [0.4, 0.5) is 11.4 Å². The first-order valence-electron chi connectivity index (χ1n) is 13.3. The van der Waals surface area contributed by atoms with Gasteiger partial charge in [-0.1, -0.05) is 24.3 Å². The van der Waals surface area contributed by atoms with Gasteiger partial charge in [-0.05, 0) is 138 Å². The average molecular weight is 680 g/mol. The number of nitrogens with one attached hydrogen (secondary N) is 2. The van der Waals surface area contributed by atoms with Crippen LogP contribution < -0.4 is 20.1 Å². The van der Waals surface area contributed by atoms with Crippen LogP contribution in [0.2, 0.25) is 0 Å². The fraction of sp³-hybridized carbons (Fsp3) is 0.212. The van der Waals surface area contributed by atoms with Gasteiger partial charge in [-0.2, -0.15) is 0 Å². The second kappa shape index (κ2) is 13.8. The van der Waals surface area contributed by atoms with E-state index in [4.69, 9.17) is 9.47 Å². The molecular weight excluding hydrogens is 648 g/mol. The van der Waals surface area contributed by atoms with Crippen LogP contribution in [0.1, 0.15) is 59.5 Å². The summed E-state index contributed by atoms with van der Waals surface area (Å²) in [7, 11) is 0. The number of carbonyl (C=O) groups excluding carboxylic acids is 2. The molecule has 8 heteroatoms. The van der Waals surface area contributed by atoms with Crippen LogP contribution in [0.3, 0.4) is 0 Å². The van der Waals surface area contributed by atoms with Crippen LogP contribution in [-0.2, 0) is 6.42 Å². The molecule has 0 spiro atoms. The summed E-state index contributed by atoms with van der Waals surface area (Å²) < 4.78 is 12.9. The quantitative estimate of drug-likeness (QED) is 0.176. The Kier molecular flexibility index (Phi) is 10.2. The monoisotopic (exact) mass is 678 g/mol. The van der Waals surface area contributed by atoms with Crippen molar-refractivity contribution >= 4 is 55.0 Å². The van der Waals surface area contributed by atoms with E-state index in [1.54, 1.807) is 36.4 Å². The van der Waals surface area contributed by atoms with Crippen molar-refractivity contribution in [2.75, 3.05) is 10.6 Å². The van der Waals surface area contributed by atoms with E-state index in [0.717, 1.165) is 26.5 Å². The molecule has 2 amide bonds. The number of ether oxygens (including phenoxy) is 2. The number of carbonyl (C=O) groups is 2. The first-order chi connectivity index (χ1) is 19.6. The van der Waals surface area contributed by atoms with Crippen molar-refractivity contribution in [1.29, 1.82) is 0 Å². The fourth-order valence-electron chi connectivity index (χ4n) is 4.04. The smallest absolute Gasteiger partial charge is 0.255 e. The maximum absolute atomic E-state index is 12.7. The molecule has 0 heterocycles. The lowest BCUT2D eigenvalue weighted by atomic mass is 10.0. The van der Waals surface area contributed by atoms with E-state index < -0.39 is 0 Å². The van der Waals surface area contributed by atoms with Gasteiger partial charge in [-0.3, -0.25) is 9.59 Å². The van der Waals surface area contributed by atoms with Gasteiger partial charge < -0.3 is 20.1 Å². The van der Waals surface area contributed by atoms with Gasteiger partial charge in [-0.15, -0.1) is 0 Å². The third-order valence-corrected chi connectivity index (χ3v) is 7.18. The number of hydrogen-bond donors (Lipinski definition) is 2. The SMILES string of the molecule is CC(C)Oc1ccc(C(=O)Nc2ccc(Cc3ccc(NC(=O)c4ccc(OC(C)C)c(Br)c4)cc3)cc2)cc1Br. The first-order valence-corrected chi connectivity index (χ1v) is 14.9. The standard InChI is InChI=1S/C33H32Br2N2O4/c1-20(2)40-30-15-9-24(18-28(30)34)32(38)36-26-11-5-22(6-12-26)17-23-7-13-27(14-8-23)37-33(39)25-10-16-31(29(35)19-25)41-21(3)4/h5-16,18-21H,17H2,1-4H3,(H,36,38)(H,37,39). The van der Waals surface area contributed by atoms with E-state index in [2.05, 4.69) is 42.5 Å². The Morgan fingerprint density at radius 1 is 0.610 bits per heavy atom. The molecule has 212 valence electrons. The molecule has 0 atom stereocenters. The average Bonchev–Trinajstić information content (AvgIpc) is 2.92. The minimum Gasteiger partial charge on any atom is -0.490 e. The van der Waals surface area contributed by atoms with Crippen molar-refractivity contribution in [2.45, 2.75) is 46.3 Å². The lowest BCUT2D eigenvalue weighted by molar-refractivity contribution is 0.101. The van der Waals surface area contributed by atoms with E-state index in [1.165, 1.54) is 0 Å². The molecule has 6 nitrogen and oxygen atoms in total. The molecule has 4 aromatic carbocycles. The van der Waals surface area contributed by atoms with E-state index >= 15 is 0 Å². The van der Waals surface area contributed by atoms with Gasteiger partial charge in [0.05, 0.1) is 21.2 Å². The lowest BCUT2D eigenvalue weighted by Gasteiger charge is -2.13. The third kappa shape index (κ3) is 8.68. The lowest BCUT2D eigenvalue weighted by Crippen LogP contribution is -2.12. The maximum Gasteiger partial charge on any atom is 0.255 e. The van der Waals surface area contributed by atoms with E-state index in [9.17, 15) is 9.59 Å². The molecule has 4 rings (SSSR count). The van der Waals surface area contributed by atoms with Gasteiger partial charge in [0, 0.05) is 22.5 Å². The Morgan fingerprint density at radius 3 is 1.29 bits per heavy atom. The Balaban J connectivity index is 1.31. The summed E-state index contributed by atoms with van der Waals surface area (Å²) >= 11 is 6.95. The molecule has 0 unspecified atom stereocenters.